The van der Waals surface area contributed by atoms with Crippen LogP contribution in [0.15, 0.2) is 84.9 Å². The summed E-state index contributed by atoms with van der Waals surface area (Å²) in [5, 5.41) is 7.86. The molecule has 1 heterocycles. The molecule has 3 aromatic carbocycles. The topological polar surface area (TPSA) is 46.9 Å². The van der Waals surface area contributed by atoms with Crippen LogP contribution < -0.4 is 5.32 Å². The number of para-hydroxylation sites is 1. The van der Waals surface area contributed by atoms with E-state index in [0.29, 0.717) is 17.8 Å². The molecular formula is C25H23N3O. The van der Waals surface area contributed by atoms with Gasteiger partial charge in [0, 0.05) is 12.1 Å². The first-order valence-corrected chi connectivity index (χ1v) is 9.67. The number of benzene rings is 3. The van der Waals surface area contributed by atoms with E-state index in [2.05, 4.69) is 11.4 Å². The van der Waals surface area contributed by atoms with Gasteiger partial charge in [0.25, 0.3) is 5.91 Å². The average Bonchev–Trinajstić information content (AvgIpc) is 3.10. The van der Waals surface area contributed by atoms with Crippen molar-refractivity contribution < 1.29 is 4.79 Å². The maximum absolute atomic E-state index is 13.2. The van der Waals surface area contributed by atoms with Gasteiger partial charge in [0.05, 0.1) is 16.9 Å². The highest BCUT2D eigenvalue weighted by Gasteiger charge is 2.22. The number of amides is 1. The molecule has 0 aliphatic rings. The van der Waals surface area contributed by atoms with Crippen LogP contribution in [0.1, 0.15) is 27.2 Å². The van der Waals surface area contributed by atoms with E-state index in [4.69, 9.17) is 5.10 Å². The van der Waals surface area contributed by atoms with Crippen LogP contribution in [-0.4, -0.2) is 15.7 Å². The van der Waals surface area contributed by atoms with E-state index in [1.165, 1.54) is 5.56 Å². The number of aryl methyl sites for hydroxylation is 1. The Morgan fingerprint density at radius 2 is 1.59 bits per heavy atom. The standard InChI is InChI=1S/C25H23N3O/c1-18-10-9-11-20(16-18)17-26-25(29)23-19(2)28(22-14-7-4-8-15-22)27-24(23)21-12-5-3-6-13-21/h3-16H,17H2,1-2H3,(H,26,29). The van der Waals surface area contributed by atoms with Crippen molar-refractivity contribution in [3.63, 3.8) is 0 Å². The molecule has 4 nitrogen and oxygen atoms in total. The molecule has 4 rings (SSSR count). The molecule has 0 radical (unpaired) electrons. The second-order valence-corrected chi connectivity index (χ2v) is 7.09. The number of carbonyl (C=O) groups excluding carboxylic acids is 1. The van der Waals surface area contributed by atoms with Crippen LogP contribution in [0.2, 0.25) is 0 Å². The lowest BCUT2D eigenvalue weighted by molar-refractivity contribution is 0.0951. The minimum atomic E-state index is -0.120. The van der Waals surface area contributed by atoms with Crippen LogP contribution >= 0.6 is 0 Å². The molecule has 0 aliphatic carbocycles. The fraction of sp³-hybridized carbons (Fsp3) is 0.120. The third-order valence-electron chi connectivity index (χ3n) is 4.93. The number of hydrogen-bond donors (Lipinski definition) is 1. The molecule has 4 aromatic rings. The third kappa shape index (κ3) is 3.97. The summed E-state index contributed by atoms with van der Waals surface area (Å²) in [7, 11) is 0. The number of nitrogens with one attached hydrogen (secondary N) is 1. The van der Waals surface area contributed by atoms with Crippen molar-refractivity contribution in [3.8, 4) is 16.9 Å². The van der Waals surface area contributed by atoms with E-state index in [0.717, 1.165) is 22.5 Å². The molecule has 0 saturated carbocycles. The zero-order chi connectivity index (χ0) is 20.2. The lowest BCUT2D eigenvalue weighted by Gasteiger charge is -2.08. The number of rotatable bonds is 5. The van der Waals surface area contributed by atoms with E-state index in [-0.39, 0.29) is 5.91 Å². The maximum Gasteiger partial charge on any atom is 0.255 e. The Morgan fingerprint density at radius 1 is 0.897 bits per heavy atom. The predicted octanol–water partition coefficient (Wildman–Crippen LogP) is 5.09. The fourth-order valence-corrected chi connectivity index (χ4v) is 3.49. The van der Waals surface area contributed by atoms with E-state index in [1.54, 1.807) is 0 Å². The third-order valence-corrected chi connectivity index (χ3v) is 4.93. The first kappa shape index (κ1) is 18.7. The lowest BCUT2D eigenvalue weighted by Crippen LogP contribution is -2.24. The Bertz CT molecular complexity index is 1130. The normalized spacial score (nSPS) is 10.7. The van der Waals surface area contributed by atoms with E-state index in [1.807, 2.05) is 97.4 Å². The molecule has 0 unspecified atom stereocenters. The minimum absolute atomic E-state index is 0.120. The van der Waals surface area contributed by atoms with E-state index >= 15 is 0 Å². The molecule has 4 heteroatoms. The second kappa shape index (κ2) is 8.15. The summed E-state index contributed by atoms with van der Waals surface area (Å²) >= 11 is 0. The van der Waals surface area contributed by atoms with E-state index in [9.17, 15) is 4.79 Å². The van der Waals surface area contributed by atoms with Crippen LogP contribution in [0.3, 0.4) is 0 Å². The molecular weight excluding hydrogens is 358 g/mol. The van der Waals surface area contributed by atoms with Crippen LogP contribution in [0.25, 0.3) is 16.9 Å². The summed E-state index contributed by atoms with van der Waals surface area (Å²) in [6.45, 7) is 4.46. The molecule has 0 saturated heterocycles. The van der Waals surface area contributed by atoms with Gasteiger partial charge in [0.1, 0.15) is 5.69 Å². The number of nitrogens with zero attached hydrogens (tertiary/aromatic N) is 2. The van der Waals surface area contributed by atoms with Gasteiger partial charge in [0.2, 0.25) is 0 Å². The number of hydrogen-bond acceptors (Lipinski definition) is 2. The summed E-state index contributed by atoms with van der Waals surface area (Å²) < 4.78 is 1.84. The van der Waals surface area contributed by atoms with Crippen molar-refractivity contribution in [2.45, 2.75) is 20.4 Å². The molecule has 0 aliphatic heterocycles. The Labute approximate surface area is 170 Å². The van der Waals surface area contributed by atoms with Crippen molar-refractivity contribution in [1.82, 2.24) is 15.1 Å². The van der Waals surface area contributed by atoms with Gasteiger partial charge in [-0.15, -0.1) is 0 Å². The number of aromatic nitrogens is 2. The molecule has 0 bridgehead atoms. The minimum Gasteiger partial charge on any atom is -0.348 e. The zero-order valence-corrected chi connectivity index (χ0v) is 16.6. The van der Waals surface area contributed by atoms with Gasteiger partial charge in [-0.2, -0.15) is 5.10 Å². The average molecular weight is 381 g/mol. The monoisotopic (exact) mass is 381 g/mol. The van der Waals surface area contributed by atoms with Crippen molar-refractivity contribution in [2.24, 2.45) is 0 Å². The Hall–Kier alpha value is -3.66. The molecule has 0 atom stereocenters. The summed E-state index contributed by atoms with van der Waals surface area (Å²) in [6.07, 6.45) is 0. The fourth-order valence-electron chi connectivity index (χ4n) is 3.49. The van der Waals surface area contributed by atoms with E-state index < -0.39 is 0 Å². The van der Waals surface area contributed by atoms with Crippen molar-refractivity contribution >= 4 is 5.91 Å². The summed E-state index contributed by atoms with van der Waals surface area (Å²) in [4.78, 5) is 13.2. The summed E-state index contributed by atoms with van der Waals surface area (Å²) in [5.41, 5.74) is 6.21. The molecule has 144 valence electrons. The van der Waals surface area contributed by atoms with Gasteiger partial charge in [-0.1, -0.05) is 78.4 Å². The Morgan fingerprint density at radius 3 is 2.28 bits per heavy atom. The molecule has 1 aromatic heterocycles. The highest BCUT2D eigenvalue weighted by atomic mass is 16.1. The smallest absolute Gasteiger partial charge is 0.255 e. The van der Waals surface area contributed by atoms with Gasteiger partial charge >= 0.3 is 0 Å². The van der Waals surface area contributed by atoms with Gasteiger partial charge in [-0.25, -0.2) is 4.68 Å². The van der Waals surface area contributed by atoms with Gasteiger partial charge in [-0.3, -0.25) is 4.79 Å². The predicted molar refractivity (Wildman–Crippen MR) is 116 cm³/mol. The lowest BCUT2D eigenvalue weighted by atomic mass is 10.1. The zero-order valence-electron chi connectivity index (χ0n) is 16.6. The quantitative estimate of drug-likeness (QED) is 0.524. The number of carbonyl (C=O) groups is 1. The highest BCUT2D eigenvalue weighted by molar-refractivity contribution is 6.01. The SMILES string of the molecule is Cc1cccc(CNC(=O)c2c(-c3ccccc3)nn(-c3ccccc3)c2C)c1. The Kier molecular flexibility index (Phi) is 5.25. The Balaban J connectivity index is 1.72. The molecule has 1 N–H and O–H groups in total. The van der Waals surface area contributed by atoms with Gasteiger partial charge < -0.3 is 5.32 Å². The second-order valence-electron chi connectivity index (χ2n) is 7.09. The first-order chi connectivity index (χ1) is 14.1. The summed E-state index contributed by atoms with van der Waals surface area (Å²) in [6, 6.07) is 27.9. The summed E-state index contributed by atoms with van der Waals surface area (Å²) in [5.74, 6) is -0.120. The highest BCUT2D eigenvalue weighted by Crippen LogP contribution is 2.27. The largest absolute Gasteiger partial charge is 0.348 e. The molecule has 0 spiro atoms. The van der Waals surface area contributed by atoms with Crippen LogP contribution in [0, 0.1) is 13.8 Å². The molecule has 0 fully saturated rings. The van der Waals surface area contributed by atoms with Gasteiger partial charge in [0.15, 0.2) is 0 Å². The van der Waals surface area contributed by atoms with Crippen LogP contribution in [0.5, 0.6) is 0 Å². The van der Waals surface area contributed by atoms with Crippen LogP contribution in [0.4, 0.5) is 0 Å². The van der Waals surface area contributed by atoms with Crippen molar-refractivity contribution in [2.75, 3.05) is 0 Å². The van der Waals surface area contributed by atoms with Crippen molar-refractivity contribution in [3.05, 3.63) is 107 Å². The van der Waals surface area contributed by atoms with Gasteiger partial charge in [-0.05, 0) is 31.5 Å². The maximum atomic E-state index is 13.2. The van der Waals surface area contributed by atoms with Crippen LogP contribution in [-0.2, 0) is 6.54 Å². The van der Waals surface area contributed by atoms with Crippen molar-refractivity contribution in [1.29, 1.82) is 0 Å². The molecule has 29 heavy (non-hydrogen) atoms. The first-order valence-electron chi connectivity index (χ1n) is 9.67. The molecule has 1 amide bonds.